The van der Waals surface area contributed by atoms with E-state index >= 15 is 0 Å². The lowest BCUT2D eigenvalue weighted by molar-refractivity contribution is 1.71. The highest BCUT2D eigenvalue weighted by molar-refractivity contribution is 7.23. The van der Waals surface area contributed by atoms with E-state index < -0.39 is 0 Å². The van der Waals surface area contributed by atoms with Gasteiger partial charge in [0.15, 0.2) is 0 Å². The highest BCUT2D eigenvalue weighted by Gasteiger charge is 2.14. The van der Waals surface area contributed by atoms with Gasteiger partial charge in [-0.2, -0.15) is 0 Å². The molecule has 1 aromatic heterocycles. The molecule has 0 bridgehead atoms. The standard InChI is InChI=1S/C20H12S/c1-2-5-15(6-3-1)20-16-11-9-13-7-4-8-14-10-12-17(21-20)19(16)18(13)14/h1-12H. The fourth-order valence-electron chi connectivity index (χ4n) is 3.29. The molecule has 0 nitrogen and oxygen atoms in total. The second-order valence-electron chi connectivity index (χ2n) is 5.43. The lowest BCUT2D eigenvalue weighted by Crippen LogP contribution is -1.79. The summed E-state index contributed by atoms with van der Waals surface area (Å²) in [7, 11) is 0. The molecule has 0 saturated carbocycles. The molecular formula is C20H12S. The molecule has 0 saturated heterocycles. The van der Waals surface area contributed by atoms with Crippen molar-refractivity contribution < 1.29 is 0 Å². The first-order valence-electron chi connectivity index (χ1n) is 7.13. The van der Waals surface area contributed by atoms with Gasteiger partial charge in [-0.15, -0.1) is 11.3 Å². The lowest BCUT2D eigenvalue weighted by atomic mass is 9.97. The van der Waals surface area contributed by atoms with Crippen molar-refractivity contribution >= 4 is 43.0 Å². The summed E-state index contributed by atoms with van der Waals surface area (Å²) in [6.45, 7) is 0. The molecule has 0 N–H and O–H groups in total. The highest BCUT2D eigenvalue weighted by atomic mass is 32.1. The van der Waals surface area contributed by atoms with E-state index in [1.807, 2.05) is 11.3 Å². The number of hydrogen-bond donors (Lipinski definition) is 0. The third kappa shape index (κ3) is 1.50. The molecular weight excluding hydrogens is 272 g/mol. The summed E-state index contributed by atoms with van der Waals surface area (Å²) in [5, 5.41) is 6.89. The first kappa shape index (κ1) is 11.3. The fraction of sp³-hybridized carbons (Fsp3) is 0. The zero-order chi connectivity index (χ0) is 13.8. The topological polar surface area (TPSA) is 0 Å². The smallest absolute Gasteiger partial charge is 0.0428 e. The van der Waals surface area contributed by atoms with Crippen molar-refractivity contribution in [3.8, 4) is 10.4 Å². The molecule has 0 unspecified atom stereocenters. The van der Waals surface area contributed by atoms with E-state index in [0.717, 1.165) is 0 Å². The van der Waals surface area contributed by atoms with Crippen molar-refractivity contribution in [3.05, 3.63) is 72.8 Å². The minimum absolute atomic E-state index is 1.31. The van der Waals surface area contributed by atoms with Gasteiger partial charge in [-0.25, -0.2) is 0 Å². The molecule has 1 heteroatoms. The van der Waals surface area contributed by atoms with Crippen LogP contribution in [0.15, 0.2) is 72.8 Å². The number of benzene rings is 4. The molecule has 5 rings (SSSR count). The van der Waals surface area contributed by atoms with E-state index in [2.05, 4.69) is 72.8 Å². The van der Waals surface area contributed by atoms with E-state index in [0.29, 0.717) is 0 Å². The maximum Gasteiger partial charge on any atom is 0.0428 e. The summed E-state index contributed by atoms with van der Waals surface area (Å²) >= 11 is 1.90. The summed E-state index contributed by atoms with van der Waals surface area (Å²) in [6, 6.07) is 26.3. The van der Waals surface area contributed by atoms with Gasteiger partial charge in [0, 0.05) is 20.3 Å². The molecule has 1 heterocycles. The molecule has 98 valence electrons. The van der Waals surface area contributed by atoms with E-state index in [1.54, 1.807) is 0 Å². The lowest BCUT2D eigenvalue weighted by Gasteiger charge is -2.06. The molecule has 5 aromatic rings. The van der Waals surface area contributed by atoms with Crippen LogP contribution in [0.2, 0.25) is 0 Å². The second kappa shape index (κ2) is 4.06. The molecule has 0 spiro atoms. The van der Waals surface area contributed by atoms with Crippen LogP contribution in [0.4, 0.5) is 0 Å². The summed E-state index contributed by atoms with van der Waals surface area (Å²) in [6.07, 6.45) is 0. The van der Waals surface area contributed by atoms with E-state index in [-0.39, 0.29) is 0 Å². The van der Waals surface area contributed by atoms with Crippen molar-refractivity contribution in [2.24, 2.45) is 0 Å². The van der Waals surface area contributed by atoms with Crippen LogP contribution < -0.4 is 0 Å². The quantitative estimate of drug-likeness (QED) is 0.338. The summed E-state index contributed by atoms with van der Waals surface area (Å²) in [5.41, 5.74) is 1.31. The normalized spacial score (nSPS) is 11.8. The largest absolute Gasteiger partial charge is 0.135 e. The van der Waals surface area contributed by atoms with Gasteiger partial charge >= 0.3 is 0 Å². The molecule has 0 amide bonds. The average Bonchev–Trinajstić information content (AvgIpc) is 2.94. The summed E-state index contributed by atoms with van der Waals surface area (Å²) in [4.78, 5) is 1.38. The van der Waals surface area contributed by atoms with E-state index in [1.165, 1.54) is 42.1 Å². The summed E-state index contributed by atoms with van der Waals surface area (Å²) in [5.74, 6) is 0. The van der Waals surface area contributed by atoms with Gasteiger partial charge in [0.2, 0.25) is 0 Å². The second-order valence-corrected chi connectivity index (χ2v) is 6.48. The van der Waals surface area contributed by atoms with Crippen molar-refractivity contribution in [3.63, 3.8) is 0 Å². The first-order chi connectivity index (χ1) is 10.4. The Balaban J connectivity index is 2.02. The van der Waals surface area contributed by atoms with Crippen LogP contribution in [0.3, 0.4) is 0 Å². The maximum absolute atomic E-state index is 2.28. The average molecular weight is 284 g/mol. The Hall–Kier alpha value is -2.38. The summed E-state index contributed by atoms with van der Waals surface area (Å²) < 4.78 is 1.38. The van der Waals surface area contributed by atoms with E-state index in [4.69, 9.17) is 0 Å². The molecule has 0 aliphatic rings. The third-order valence-electron chi connectivity index (χ3n) is 4.23. The Morgan fingerprint density at radius 1 is 0.571 bits per heavy atom. The molecule has 0 aliphatic heterocycles. The number of hydrogen-bond acceptors (Lipinski definition) is 1. The van der Waals surface area contributed by atoms with Gasteiger partial charge in [0.05, 0.1) is 0 Å². The fourth-order valence-corrected chi connectivity index (χ4v) is 4.50. The SMILES string of the molecule is c1ccc(-c2sc3ccc4cccc5ccc2c3c45)cc1. The van der Waals surface area contributed by atoms with Crippen LogP contribution in [0.5, 0.6) is 0 Å². The van der Waals surface area contributed by atoms with Crippen LogP contribution >= 0.6 is 11.3 Å². The van der Waals surface area contributed by atoms with Gasteiger partial charge in [-0.05, 0) is 27.8 Å². The zero-order valence-corrected chi connectivity index (χ0v) is 12.2. The Morgan fingerprint density at radius 2 is 1.33 bits per heavy atom. The van der Waals surface area contributed by atoms with Gasteiger partial charge in [0.25, 0.3) is 0 Å². The van der Waals surface area contributed by atoms with Gasteiger partial charge in [0.1, 0.15) is 0 Å². The minimum atomic E-state index is 1.31. The Kier molecular flexibility index (Phi) is 2.18. The predicted molar refractivity (Wildman–Crippen MR) is 93.5 cm³/mol. The van der Waals surface area contributed by atoms with Gasteiger partial charge in [-0.3, -0.25) is 0 Å². The molecule has 4 aromatic carbocycles. The van der Waals surface area contributed by atoms with E-state index in [9.17, 15) is 0 Å². The van der Waals surface area contributed by atoms with Gasteiger partial charge < -0.3 is 0 Å². The van der Waals surface area contributed by atoms with Gasteiger partial charge in [-0.1, -0.05) is 66.7 Å². The first-order valence-corrected chi connectivity index (χ1v) is 7.95. The molecule has 0 aliphatic carbocycles. The molecule has 21 heavy (non-hydrogen) atoms. The zero-order valence-electron chi connectivity index (χ0n) is 11.3. The highest BCUT2D eigenvalue weighted by Crippen LogP contribution is 2.44. The van der Waals surface area contributed by atoms with Crippen LogP contribution in [-0.2, 0) is 0 Å². The van der Waals surface area contributed by atoms with Crippen molar-refractivity contribution in [2.45, 2.75) is 0 Å². The monoisotopic (exact) mass is 284 g/mol. The van der Waals surface area contributed by atoms with Crippen molar-refractivity contribution in [1.29, 1.82) is 0 Å². The Labute approximate surface area is 126 Å². The Bertz CT molecular complexity index is 1050. The molecule has 0 atom stereocenters. The van der Waals surface area contributed by atoms with Crippen LogP contribution in [0.1, 0.15) is 0 Å². The molecule has 0 fully saturated rings. The predicted octanol–water partition coefficient (Wildman–Crippen LogP) is 6.31. The van der Waals surface area contributed by atoms with Crippen LogP contribution in [-0.4, -0.2) is 0 Å². The Morgan fingerprint density at radius 3 is 2.14 bits per heavy atom. The minimum Gasteiger partial charge on any atom is -0.135 e. The molecule has 0 radical (unpaired) electrons. The van der Waals surface area contributed by atoms with Crippen molar-refractivity contribution in [2.75, 3.05) is 0 Å². The maximum atomic E-state index is 2.28. The third-order valence-corrected chi connectivity index (χ3v) is 5.45. The number of thiophene rings is 1. The van der Waals surface area contributed by atoms with Crippen LogP contribution in [0.25, 0.3) is 42.1 Å². The van der Waals surface area contributed by atoms with Crippen LogP contribution in [0, 0.1) is 0 Å². The van der Waals surface area contributed by atoms with Crippen molar-refractivity contribution in [1.82, 2.24) is 0 Å². The number of rotatable bonds is 1.